The second-order valence-corrected chi connectivity index (χ2v) is 4.32. The molecule has 0 fully saturated rings. The van der Waals surface area contributed by atoms with E-state index in [2.05, 4.69) is 5.32 Å². The summed E-state index contributed by atoms with van der Waals surface area (Å²) in [7, 11) is 0. The number of rotatable bonds is 5. The van der Waals surface area contributed by atoms with E-state index in [4.69, 9.17) is 10.2 Å². The first-order valence-corrected chi connectivity index (χ1v) is 5.60. The first-order valence-electron chi connectivity index (χ1n) is 5.60. The molecule has 4 nitrogen and oxygen atoms in total. The van der Waals surface area contributed by atoms with Crippen molar-refractivity contribution in [3.05, 3.63) is 23.7 Å². The lowest BCUT2D eigenvalue weighted by Gasteiger charge is -2.28. The number of hydrogen-bond donors (Lipinski definition) is 2. The molecule has 4 heteroatoms. The van der Waals surface area contributed by atoms with E-state index in [9.17, 15) is 4.79 Å². The minimum absolute atomic E-state index is 0.175. The van der Waals surface area contributed by atoms with E-state index in [1.165, 1.54) is 0 Å². The van der Waals surface area contributed by atoms with E-state index < -0.39 is 0 Å². The monoisotopic (exact) mass is 224 g/mol. The quantitative estimate of drug-likeness (QED) is 0.801. The van der Waals surface area contributed by atoms with Gasteiger partial charge in [0, 0.05) is 5.54 Å². The van der Waals surface area contributed by atoms with Crippen LogP contribution in [0.25, 0.3) is 0 Å². The van der Waals surface area contributed by atoms with Crippen LogP contribution < -0.4 is 11.1 Å². The van der Waals surface area contributed by atoms with Crippen LogP contribution in [0.4, 0.5) is 0 Å². The molecule has 0 aliphatic heterocycles. The van der Waals surface area contributed by atoms with Crippen LogP contribution in [-0.4, -0.2) is 18.0 Å². The Kier molecular flexibility index (Phi) is 4.12. The van der Waals surface area contributed by atoms with Gasteiger partial charge in [0.15, 0.2) is 5.76 Å². The molecule has 1 rings (SSSR count). The smallest absolute Gasteiger partial charge is 0.287 e. The Labute approximate surface area is 96.2 Å². The molecule has 0 saturated heterocycles. The number of carbonyl (C=O) groups is 1. The maximum Gasteiger partial charge on any atom is 0.287 e. The van der Waals surface area contributed by atoms with Gasteiger partial charge in [0.05, 0.1) is 0 Å². The Balaban J connectivity index is 2.69. The topological polar surface area (TPSA) is 68.3 Å². The molecule has 1 heterocycles. The maximum atomic E-state index is 11.9. The Morgan fingerprint density at radius 2 is 2.25 bits per heavy atom. The first kappa shape index (κ1) is 12.8. The molecule has 0 aromatic carbocycles. The summed E-state index contributed by atoms with van der Waals surface area (Å²) in [6.07, 6.45) is 1.60. The third-order valence-electron chi connectivity index (χ3n) is 2.86. The zero-order chi connectivity index (χ0) is 12.2. The van der Waals surface area contributed by atoms with Crippen molar-refractivity contribution in [1.29, 1.82) is 0 Å². The van der Waals surface area contributed by atoms with E-state index in [0.717, 1.165) is 18.6 Å². The lowest BCUT2D eigenvalue weighted by atomic mass is 9.94. The summed E-state index contributed by atoms with van der Waals surface area (Å²) in [5, 5.41) is 2.96. The van der Waals surface area contributed by atoms with Crippen molar-refractivity contribution < 1.29 is 9.21 Å². The van der Waals surface area contributed by atoms with Gasteiger partial charge in [-0.05, 0) is 45.4 Å². The van der Waals surface area contributed by atoms with Crippen molar-refractivity contribution >= 4 is 5.91 Å². The summed E-state index contributed by atoms with van der Waals surface area (Å²) in [6, 6.07) is 3.46. The van der Waals surface area contributed by atoms with Crippen molar-refractivity contribution in [3.63, 3.8) is 0 Å². The lowest BCUT2D eigenvalue weighted by molar-refractivity contribution is 0.0870. The van der Waals surface area contributed by atoms with Crippen LogP contribution in [0.1, 0.15) is 43.0 Å². The molecule has 1 unspecified atom stereocenters. The van der Waals surface area contributed by atoms with Crippen molar-refractivity contribution in [2.45, 2.75) is 39.2 Å². The normalized spacial score (nSPS) is 14.5. The fourth-order valence-corrected chi connectivity index (χ4v) is 1.54. The number of nitrogens with one attached hydrogen (secondary N) is 1. The largest absolute Gasteiger partial charge is 0.456 e. The maximum absolute atomic E-state index is 11.9. The molecule has 0 saturated carbocycles. The van der Waals surface area contributed by atoms with E-state index >= 15 is 0 Å². The predicted octanol–water partition coefficient (Wildman–Crippen LogP) is 1.84. The summed E-state index contributed by atoms with van der Waals surface area (Å²) in [4.78, 5) is 11.9. The molecule has 0 spiro atoms. The fourth-order valence-electron chi connectivity index (χ4n) is 1.54. The summed E-state index contributed by atoms with van der Waals surface area (Å²) in [6.45, 7) is 6.40. The zero-order valence-electron chi connectivity index (χ0n) is 10.2. The molecule has 0 radical (unpaired) electrons. The van der Waals surface area contributed by atoms with Crippen molar-refractivity contribution in [1.82, 2.24) is 5.32 Å². The van der Waals surface area contributed by atoms with E-state index in [-0.39, 0.29) is 11.4 Å². The third kappa shape index (κ3) is 3.10. The van der Waals surface area contributed by atoms with Crippen LogP contribution in [0.2, 0.25) is 0 Å². The van der Waals surface area contributed by atoms with Gasteiger partial charge in [-0.1, -0.05) is 6.92 Å². The molecule has 1 amide bonds. The molecule has 90 valence electrons. The highest BCUT2D eigenvalue weighted by molar-refractivity contribution is 5.92. The van der Waals surface area contributed by atoms with E-state index in [0.29, 0.717) is 12.3 Å². The number of carbonyl (C=O) groups excluding carboxylic acids is 1. The van der Waals surface area contributed by atoms with Gasteiger partial charge in [0.25, 0.3) is 5.91 Å². The second-order valence-electron chi connectivity index (χ2n) is 4.32. The van der Waals surface area contributed by atoms with Gasteiger partial charge in [-0.2, -0.15) is 0 Å². The van der Waals surface area contributed by atoms with E-state index in [1.807, 2.05) is 20.8 Å². The SMILES string of the molecule is CCC(C)(CCN)NC(=O)c1ccc(C)o1. The lowest BCUT2D eigenvalue weighted by Crippen LogP contribution is -2.46. The Bertz CT molecular complexity index is 360. The molecule has 16 heavy (non-hydrogen) atoms. The van der Waals surface area contributed by atoms with Crippen LogP contribution in [0.15, 0.2) is 16.5 Å². The summed E-state index contributed by atoms with van der Waals surface area (Å²) in [5.74, 6) is 0.919. The van der Waals surface area contributed by atoms with Crippen LogP contribution in [0.3, 0.4) is 0 Å². The summed E-state index contributed by atoms with van der Waals surface area (Å²) in [5.41, 5.74) is 5.28. The average molecular weight is 224 g/mol. The number of hydrogen-bond acceptors (Lipinski definition) is 3. The number of nitrogens with two attached hydrogens (primary N) is 1. The van der Waals surface area contributed by atoms with Crippen molar-refractivity contribution in [2.75, 3.05) is 6.54 Å². The van der Waals surface area contributed by atoms with Gasteiger partial charge < -0.3 is 15.5 Å². The minimum Gasteiger partial charge on any atom is -0.456 e. The van der Waals surface area contributed by atoms with Crippen LogP contribution in [0.5, 0.6) is 0 Å². The zero-order valence-corrected chi connectivity index (χ0v) is 10.2. The molecular weight excluding hydrogens is 204 g/mol. The Morgan fingerprint density at radius 1 is 1.56 bits per heavy atom. The molecule has 1 atom stereocenters. The van der Waals surface area contributed by atoms with Gasteiger partial charge >= 0.3 is 0 Å². The number of amides is 1. The van der Waals surface area contributed by atoms with Gasteiger partial charge in [0.1, 0.15) is 5.76 Å². The third-order valence-corrected chi connectivity index (χ3v) is 2.86. The van der Waals surface area contributed by atoms with Crippen molar-refractivity contribution in [2.24, 2.45) is 5.73 Å². The van der Waals surface area contributed by atoms with E-state index in [1.54, 1.807) is 12.1 Å². The standard InChI is InChI=1S/C12H20N2O2/c1-4-12(3,7-8-13)14-11(15)10-6-5-9(2)16-10/h5-6H,4,7-8,13H2,1-3H3,(H,14,15). The van der Waals surface area contributed by atoms with Gasteiger partial charge in [-0.25, -0.2) is 0 Å². The molecule has 0 aliphatic rings. The molecule has 1 aromatic heterocycles. The predicted molar refractivity (Wildman–Crippen MR) is 63.3 cm³/mol. The van der Waals surface area contributed by atoms with Gasteiger partial charge in [-0.3, -0.25) is 4.79 Å². The van der Waals surface area contributed by atoms with Gasteiger partial charge in [-0.15, -0.1) is 0 Å². The first-order chi connectivity index (χ1) is 7.50. The highest BCUT2D eigenvalue weighted by atomic mass is 16.3. The highest BCUT2D eigenvalue weighted by Gasteiger charge is 2.25. The minimum atomic E-state index is -0.257. The molecule has 0 aliphatic carbocycles. The highest BCUT2D eigenvalue weighted by Crippen LogP contribution is 2.15. The summed E-state index contributed by atoms with van der Waals surface area (Å²) >= 11 is 0. The molecule has 0 bridgehead atoms. The van der Waals surface area contributed by atoms with Crippen LogP contribution in [-0.2, 0) is 0 Å². The van der Waals surface area contributed by atoms with Gasteiger partial charge in [0.2, 0.25) is 0 Å². The summed E-state index contributed by atoms with van der Waals surface area (Å²) < 4.78 is 5.27. The Hall–Kier alpha value is -1.29. The molecule has 3 N–H and O–H groups in total. The second kappa shape index (κ2) is 5.16. The molecular formula is C12H20N2O2. The fraction of sp³-hybridized carbons (Fsp3) is 0.583. The Morgan fingerprint density at radius 3 is 2.69 bits per heavy atom. The van der Waals surface area contributed by atoms with Crippen LogP contribution >= 0.6 is 0 Å². The van der Waals surface area contributed by atoms with Crippen LogP contribution in [0, 0.1) is 6.92 Å². The van der Waals surface area contributed by atoms with Crippen molar-refractivity contribution in [3.8, 4) is 0 Å². The molecule has 1 aromatic rings. The number of aryl methyl sites for hydroxylation is 1. The number of furan rings is 1. The average Bonchev–Trinajstić information content (AvgIpc) is 2.65.